The Bertz CT molecular complexity index is 1450. The summed E-state index contributed by atoms with van der Waals surface area (Å²) in [6.45, 7) is 8.61. The van der Waals surface area contributed by atoms with Gasteiger partial charge in [0.15, 0.2) is 5.82 Å². The minimum absolute atomic E-state index is 0.110. The summed E-state index contributed by atoms with van der Waals surface area (Å²) in [5.41, 5.74) is 2.03. The number of hydrogen-bond acceptors (Lipinski definition) is 7. The highest BCUT2D eigenvalue weighted by molar-refractivity contribution is 5.97. The van der Waals surface area contributed by atoms with E-state index in [4.69, 9.17) is 14.2 Å². The molecule has 3 heterocycles. The van der Waals surface area contributed by atoms with Crippen molar-refractivity contribution < 1.29 is 28.6 Å². The van der Waals surface area contributed by atoms with Gasteiger partial charge in [0, 0.05) is 43.2 Å². The monoisotopic (exact) mass is 575 g/mol. The van der Waals surface area contributed by atoms with Gasteiger partial charge in [-0.05, 0) is 63.9 Å². The van der Waals surface area contributed by atoms with Crippen molar-refractivity contribution >= 4 is 17.7 Å². The summed E-state index contributed by atoms with van der Waals surface area (Å²) in [6, 6.07) is 12.1. The quantitative estimate of drug-likeness (QED) is 0.486. The van der Waals surface area contributed by atoms with Crippen molar-refractivity contribution in [2.45, 2.75) is 59.0 Å². The van der Waals surface area contributed by atoms with Crippen LogP contribution in [0, 0.1) is 6.92 Å². The molecule has 2 atom stereocenters. The first-order chi connectivity index (χ1) is 20.2. The number of likely N-dealkylation sites (N-methyl/N-ethyl adjacent to an activating group) is 1. The lowest BCUT2D eigenvalue weighted by Crippen LogP contribution is -2.58. The van der Waals surface area contributed by atoms with Crippen molar-refractivity contribution in [1.82, 2.24) is 25.1 Å². The summed E-state index contributed by atoms with van der Waals surface area (Å²) < 4.78 is 18.4. The highest BCUT2D eigenvalue weighted by Gasteiger charge is 2.35. The van der Waals surface area contributed by atoms with Crippen LogP contribution in [-0.4, -0.2) is 81.9 Å². The van der Waals surface area contributed by atoms with Crippen molar-refractivity contribution in [2.75, 3.05) is 26.2 Å². The standard InChI is InChI=1S/C31H37N5O6/c1-5-35-17-28(37)34-26-16-36(31(39)29-32-15-20(4)33-29)10-9-27(26)40-18-21-7-6-8-23(11-21)42-25-13-22(30(35)38)12-24(14-25)41-19(2)3/h6-8,11-15,19,26-27H,5,9-10,16-18H2,1-4H3,(H,32,33)(H,34,37)/t26-,27-/m0/s1. The van der Waals surface area contributed by atoms with Gasteiger partial charge in [-0.3, -0.25) is 14.4 Å². The molecule has 1 aromatic heterocycles. The van der Waals surface area contributed by atoms with Gasteiger partial charge >= 0.3 is 0 Å². The van der Waals surface area contributed by atoms with Crippen molar-refractivity contribution in [2.24, 2.45) is 0 Å². The summed E-state index contributed by atoms with van der Waals surface area (Å²) in [6.07, 6.45) is 1.68. The second kappa shape index (κ2) is 12.6. The van der Waals surface area contributed by atoms with E-state index in [0.29, 0.717) is 48.9 Å². The van der Waals surface area contributed by atoms with Gasteiger partial charge < -0.3 is 34.3 Å². The van der Waals surface area contributed by atoms with Gasteiger partial charge in [0.1, 0.15) is 17.2 Å². The van der Waals surface area contributed by atoms with Gasteiger partial charge in [-0.15, -0.1) is 0 Å². The zero-order valence-electron chi connectivity index (χ0n) is 24.4. The Labute approximate surface area is 245 Å². The number of amides is 3. The van der Waals surface area contributed by atoms with E-state index >= 15 is 0 Å². The van der Waals surface area contributed by atoms with Gasteiger partial charge in [-0.2, -0.15) is 0 Å². The molecule has 2 aliphatic heterocycles. The third-order valence-electron chi connectivity index (χ3n) is 7.19. The second-order valence-electron chi connectivity index (χ2n) is 10.9. The van der Waals surface area contributed by atoms with E-state index in [2.05, 4.69) is 15.3 Å². The first kappa shape index (κ1) is 29.1. The number of aryl methyl sites for hydroxylation is 1. The number of nitrogens with one attached hydrogen (secondary N) is 2. The highest BCUT2D eigenvalue weighted by Crippen LogP contribution is 2.30. The van der Waals surface area contributed by atoms with Crippen LogP contribution in [0.4, 0.5) is 0 Å². The van der Waals surface area contributed by atoms with E-state index in [-0.39, 0.29) is 48.8 Å². The maximum absolute atomic E-state index is 13.6. The number of aromatic nitrogens is 2. The Hall–Kier alpha value is -4.38. The van der Waals surface area contributed by atoms with Crippen LogP contribution in [0.2, 0.25) is 0 Å². The molecule has 1 saturated heterocycles. The molecule has 0 aliphatic carbocycles. The minimum Gasteiger partial charge on any atom is -0.491 e. The normalized spacial score (nSPS) is 19.6. The Morgan fingerprint density at radius 2 is 2.00 bits per heavy atom. The van der Waals surface area contributed by atoms with Crippen LogP contribution in [0.1, 0.15) is 59.4 Å². The number of nitrogens with zero attached hydrogens (tertiary/aromatic N) is 3. The van der Waals surface area contributed by atoms with Gasteiger partial charge in [-0.25, -0.2) is 4.98 Å². The fourth-order valence-electron chi connectivity index (χ4n) is 5.19. The van der Waals surface area contributed by atoms with Crippen LogP contribution in [0.3, 0.4) is 0 Å². The van der Waals surface area contributed by atoms with Crippen LogP contribution in [0.25, 0.3) is 0 Å². The third-order valence-corrected chi connectivity index (χ3v) is 7.19. The first-order valence-electron chi connectivity index (χ1n) is 14.3. The Balaban J connectivity index is 1.45. The van der Waals surface area contributed by atoms with E-state index in [9.17, 15) is 14.4 Å². The maximum Gasteiger partial charge on any atom is 0.289 e. The molecule has 0 unspecified atom stereocenters. The molecular formula is C31H37N5O6. The number of carbonyl (C=O) groups is 3. The van der Waals surface area contributed by atoms with Gasteiger partial charge in [0.05, 0.1) is 31.4 Å². The lowest BCUT2D eigenvalue weighted by Gasteiger charge is -2.38. The van der Waals surface area contributed by atoms with E-state index < -0.39 is 6.04 Å². The SMILES string of the molecule is CCN1CC(=O)N[C@H]2CN(C(=O)c3ncc(C)[nH]3)CC[C@@H]2OCc2cccc(c2)Oc2cc(OC(C)C)cc(c2)C1=O. The summed E-state index contributed by atoms with van der Waals surface area (Å²) in [7, 11) is 0. The fraction of sp³-hybridized carbons (Fsp3) is 0.419. The van der Waals surface area contributed by atoms with Crippen molar-refractivity contribution in [3.63, 3.8) is 0 Å². The number of H-pyrrole nitrogens is 1. The number of aromatic amines is 1. The van der Waals surface area contributed by atoms with Gasteiger partial charge in [0.25, 0.3) is 11.8 Å². The highest BCUT2D eigenvalue weighted by atomic mass is 16.5. The molecule has 1 fully saturated rings. The molecule has 42 heavy (non-hydrogen) atoms. The Morgan fingerprint density at radius 1 is 1.17 bits per heavy atom. The molecule has 0 saturated carbocycles. The number of likely N-dealkylation sites (tertiary alicyclic amines) is 1. The van der Waals surface area contributed by atoms with E-state index in [1.807, 2.05) is 52.0 Å². The van der Waals surface area contributed by atoms with E-state index in [1.54, 1.807) is 29.3 Å². The predicted octanol–water partition coefficient (Wildman–Crippen LogP) is 3.69. The summed E-state index contributed by atoms with van der Waals surface area (Å²) in [4.78, 5) is 50.4. The molecule has 4 bridgehead atoms. The van der Waals surface area contributed by atoms with Crippen LogP contribution in [0.5, 0.6) is 17.2 Å². The van der Waals surface area contributed by atoms with Crippen LogP contribution in [-0.2, 0) is 16.1 Å². The Kier molecular flexibility index (Phi) is 8.77. The first-order valence-corrected chi connectivity index (χ1v) is 14.3. The lowest BCUT2D eigenvalue weighted by molar-refractivity contribution is -0.124. The molecule has 2 N–H and O–H groups in total. The molecule has 2 aliphatic rings. The summed E-state index contributed by atoms with van der Waals surface area (Å²) in [5.74, 6) is 0.890. The molecule has 11 nitrogen and oxygen atoms in total. The van der Waals surface area contributed by atoms with Gasteiger partial charge in [0.2, 0.25) is 5.91 Å². The number of piperidine rings is 1. The van der Waals surface area contributed by atoms with Crippen molar-refractivity contribution in [3.05, 3.63) is 71.3 Å². The fourth-order valence-corrected chi connectivity index (χ4v) is 5.19. The summed E-state index contributed by atoms with van der Waals surface area (Å²) >= 11 is 0. The van der Waals surface area contributed by atoms with E-state index in [0.717, 1.165) is 11.3 Å². The number of benzene rings is 2. The molecule has 3 amide bonds. The van der Waals surface area contributed by atoms with Crippen LogP contribution in [0.15, 0.2) is 48.7 Å². The number of hydrogen-bond donors (Lipinski definition) is 2. The zero-order chi connectivity index (χ0) is 29.8. The van der Waals surface area contributed by atoms with Crippen molar-refractivity contribution in [1.29, 1.82) is 0 Å². The minimum atomic E-state index is -0.484. The maximum atomic E-state index is 13.6. The third kappa shape index (κ3) is 6.91. The Morgan fingerprint density at radius 3 is 2.74 bits per heavy atom. The number of fused-ring (bicyclic) bond motifs is 5. The topological polar surface area (TPSA) is 126 Å². The second-order valence-corrected chi connectivity index (χ2v) is 10.9. The smallest absolute Gasteiger partial charge is 0.289 e. The van der Waals surface area contributed by atoms with Gasteiger partial charge in [-0.1, -0.05) is 12.1 Å². The van der Waals surface area contributed by atoms with Crippen LogP contribution >= 0.6 is 0 Å². The van der Waals surface area contributed by atoms with Crippen LogP contribution < -0.4 is 14.8 Å². The molecule has 5 rings (SSSR count). The largest absolute Gasteiger partial charge is 0.491 e. The molecule has 3 aromatic rings. The predicted molar refractivity (Wildman–Crippen MR) is 155 cm³/mol. The van der Waals surface area contributed by atoms with Crippen molar-refractivity contribution in [3.8, 4) is 17.2 Å². The summed E-state index contributed by atoms with van der Waals surface area (Å²) in [5, 5.41) is 3.05. The average Bonchev–Trinajstić information content (AvgIpc) is 3.40. The molecule has 0 spiro atoms. The molecule has 11 heteroatoms. The van der Waals surface area contributed by atoms with E-state index in [1.165, 1.54) is 4.90 Å². The average molecular weight is 576 g/mol. The number of rotatable bonds is 4. The number of ether oxygens (including phenoxy) is 3. The zero-order valence-corrected chi connectivity index (χ0v) is 24.4. The molecule has 222 valence electrons. The number of imidazole rings is 1. The number of carbonyl (C=O) groups excluding carboxylic acids is 3. The molecule has 0 radical (unpaired) electrons. The molecular weight excluding hydrogens is 538 g/mol. The lowest BCUT2D eigenvalue weighted by atomic mass is 10.0. The molecule has 2 aromatic carbocycles.